The minimum absolute atomic E-state index is 0.117. The SMILES string of the molecule is Cc1ccc(/C(Cl)=N/O)c2ccccc12. The first-order chi connectivity index (χ1) is 7.24. The molecule has 0 atom stereocenters. The number of benzene rings is 2. The number of aryl methyl sites for hydroxylation is 1. The molecule has 0 aliphatic heterocycles. The van der Waals surface area contributed by atoms with Crippen molar-refractivity contribution in [2.75, 3.05) is 0 Å². The predicted molar refractivity (Wildman–Crippen MR) is 62.9 cm³/mol. The number of nitrogens with zero attached hydrogens (tertiary/aromatic N) is 1. The highest BCUT2D eigenvalue weighted by molar-refractivity contribution is 6.70. The third-order valence-electron chi connectivity index (χ3n) is 2.45. The molecule has 3 heteroatoms. The normalized spacial score (nSPS) is 12.0. The van der Waals surface area contributed by atoms with E-state index < -0.39 is 0 Å². The van der Waals surface area contributed by atoms with E-state index in [1.54, 1.807) is 0 Å². The second-order valence-corrected chi connectivity index (χ2v) is 3.72. The van der Waals surface area contributed by atoms with Crippen LogP contribution in [0.3, 0.4) is 0 Å². The molecule has 2 aromatic rings. The molecule has 76 valence electrons. The van der Waals surface area contributed by atoms with Gasteiger partial charge in [0.25, 0.3) is 0 Å². The molecular formula is C12H10ClNO. The van der Waals surface area contributed by atoms with Gasteiger partial charge in [0, 0.05) is 5.56 Å². The maximum Gasteiger partial charge on any atom is 0.175 e. The first-order valence-electron chi connectivity index (χ1n) is 4.60. The molecular weight excluding hydrogens is 210 g/mol. The number of rotatable bonds is 1. The Bertz CT molecular complexity index is 534. The van der Waals surface area contributed by atoms with Gasteiger partial charge in [-0.2, -0.15) is 0 Å². The smallest absolute Gasteiger partial charge is 0.175 e. The number of halogens is 1. The van der Waals surface area contributed by atoms with E-state index in [9.17, 15) is 0 Å². The second-order valence-electron chi connectivity index (χ2n) is 3.37. The van der Waals surface area contributed by atoms with Gasteiger partial charge in [-0.05, 0) is 23.3 Å². The van der Waals surface area contributed by atoms with Crippen molar-refractivity contribution < 1.29 is 5.21 Å². The largest absolute Gasteiger partial charge is 0.410 e. The maximum absolute atomic E-state index is 8.67. The minimum atomic E-state index is 0.117. The molecule has 1 N–H and O–H groups in total. The Hall–Kier alpha value is -1.54. The summed E-state index contributed by atoms with van der Waals surface area (Å²) in [6.45, 7) is 2.04. The Morgan fingerprint density at radius 3 is 2.47 bits per heavy atom. The fourth-order valence-corrected chi connectivity index (χ4v) is 1.85. The minimum Gasteiger partial charge on any atom is -0.410 e. The van der Waals surface area contributed by atoms with Crippen LogP contribution in [-0.2, 0) is 0 Å². The molecule has 0 spiro atoms. The van der Waals surface area contributed by atoms with Crippen molar-refractivity contribution in [3.8, 4) is 0 Å². The van der Waals surface area contributed by atoms with Crippen LogP contribution in [0.4, 0.5) is 0 Å². The molecule has 0 saturated heterocycles. The molecule has 0 aromatic heterocycles. The van der Waals surface area contributed by atoms with Crippen LogP contribution in [0.5, 0.6) is 0 Å². The molecule has 15 heavy (non-hydrogen) atoms. The van der Waals surface area contributed by atoms with Gasteiger partial charge < -0.3 is 5.21 Å². The van der Waals surface area contributed by atoms with Gasteiger partial charge in [-0.1, -0.05) is 53.2 Å². The zero-order valence-electron chi connectivity index (χ0n) is 8.24. The molecule has 0 aliphatic carbocycles. The summed E-state index contributed by atoms with van der Waals surface area (Å²) < 4.78 is 0. The lowest BCUT2D eigenvalue weighted by molar-refractivity contribution is 0.321. The number of oxime groups is 1. The third-order valence-corrected chi connectivity index (χ3v) is 2.73. The Balaban J connectivity index is 2.83. The Kier molecular flexibility index (Phi) is 2.60. The standard InChI is InChI=1S/C12H10ClNO/c1-8-6-7-11(12(13)14-15)10-5-3-2-4-9(8)10/h2-7,15H,1H3/b14-12-. The van der Waals surface area contributed by atoms with Gasteiger partial charge in [0.05, 0.1) is 0 Å². The molecule has 2 nitrogen and oxygen atoms in total. The van der Waals surface area contributed by atoms with Crippen LogP contribution in [0.2, 0.25) is 0 Å². The van der Waals surface area contributed by atoms with E-state index in [4.69, 9.17) is 16.8 Å². The van der Waals surface area contributed by atoms with Gasteiger partial charge in [-0.15, -0.1) is 0 Å². The van der Waals surface area contributed by atoms with Crippen molar-refractivity contribution in [1.29, 1.82) is 0 Å². The molecule has 0 aliphatic rings. The summed E-state index contributed by atoms with van der Waals surface area (Å²) in [4.78, 5) is 0. The van der Waals surface area contributed by atoms with E-state index in [0.717, 1.165) is 16.3 Å². The highest BCUT2D eigenvalue weighted by Gasteiger charge is 2.07. The molecule has 0 unspecified atom stereocenters. The molecule has 0 bridgehead atoms. The van der Waals surface area contributed by atoms with Crippen molar-refractivity contribution in [2.45, 2.75) is 6.92 Å². The van der Waals surface area contributed by atoms with E-state index in [0.29, 0.717) is 0 Å². The van der Waals surface area contributed by atoms with Crippen LogP contribution < -0.4 is 0 Å². The molecule has 0 fully saturated rings. The highest BCUT2D eigenvalue weighted by atomic mass is 35.5. The average Bonchev–Trinajstić information content (AvgIpc) is 2.29. The summed E-state index contributed by atoms with van der Waals surface area (Å²) in [6, 6.07) is 11.7. The zero-order chi connectivity index (χ0) is 10.8. The van der Waals surface area contributed by atoms with Crippen LogP contribution >= 0.6 is 11.6 Å². The van der Waals surface area contributed by atoms with Crippen LogP contribution in [0.1, 0.15) is 11.1 Å². The summed E-state index contributed by atoms with van der Waals surface area (Å²) in [7, 11) is 0. The molecule has 2 rings (SSSR count). The van der Waals surface area contributed by atoms with E-state index >= 15 is 0 Å². The predicted octanol–water partition coefficient (Wildman–Crippen LogP) is 3.52. The highest BCUT2D eigenvalue weighted by Crippen LogP contribution is 2.23. The van der Waals surface area contributed by atoms with E-state index in [2.05, 4.69) is 5.16 Å². The molecule has 0 amide bonds. The summed E-state index contributed by atoms with van der Waals surface area (Å²) in [5.74, 6) is 0. The molecule has 0 saturated carbocycles. The monoisotopic (exact) mass is 219 g/mol. The summed E-state index contributed by atoms with van der Waals surface area (Å²) in [5.41, 5.74) is 1.93. The van der Waals surface area contributed by atoms with Crippen molar-refractivity contribution in [2.24, 2.45) is 5.16 Å². The van der Waals surface area contributed by atoms with Crippen LogP contribution in [0.25, 0.3) is 10.8 Å². The van der Waals surface area contributed by atoms with Crippen molar-refractivity contribution in [1.82, 2.24) is 0 Å². The quantitative estimate of drug-likeness (QED) is 0.444. The maximum atomic E-state index is 8.67. The Morgan fingerprint density at radius 2 is 1.80 bits per heavy atom. The van der Waals surface area contributed by atoms with Gasteiger partial charge in [-0.25, -0.2) is 0 Å². The van der Waals surface area contributed by atoms with Crippen molar-refractivity contribution in [3.63, 3.8) is 0 Å². The van der Waals surface area contributed by atoms with Crippen LogP contribution in [0.15, 0.2) is 41.6 Å². The van der Waals surface area contributed by atoms with Crippen LogP contribution in [-0.4, -0.2) is 10.4 Å². The topological polar surface area (TPSA) is 32.6 Å². The lowest BCUT2D eigenvalue weighted by atomic mass is 10.0. The fourth-order valence-electron chi connectivity index (χ4n) is 1.68. The van der Waals surface area contributed by atoms with Crippen LogP contribution in [0, 0.1) is 6.92 Å². The first kappa shape index (κ1) is 9.99. The van der Waals surface area contributed by atoms with Gasteiger partial charge in [0.2, 0.25) is 0 Å². The summed E-state index contributed by atoms with van der Waals surface area (Å²) in [5, 5.41) is 13.9. The number of hydrogen-bond donors (Lipinski definition) is 1. The first-order valence-corrected chi connectivity index (χ1v) is 4.98. The number of fused-ring (bicyclic) bond motifs is 1. The molecule has 2 aromatic carbocycles. The van der Waals surface area contributed by atoms with Gasteiger partial charge in [-0.3, -0.25) is 0 Å². The third kappa shape index (κ3) is 1.68. The second kappa shape index (κ2) is 3.91. The average molecular weight is 220 g/mol. The van der Waals surface area contributed by atoms with E-state index in [1.807, 2.05) is 43.3 Å². The summed E-state index contributed by atoms with van der Waals surface area (Å²) in [6.07, 6.45) is 0. The fraction of sp³-hybridized carbons (Fsp3) is 0.0833. The number of hydrogen-bond acceptors (Lipinski definition) is 2. The molecule has 0 heterocycles. The molecule has 0 radical (unpaired) electrons. The Labute approximate surface area is 92.8 Å². The van der Waals surface area contributed by atoms with Crippen molar-refractivity contribution >= 4 is 27.5 Å². The lowest BCUT2D eigenvalue weighted by Crippen LogP contribution is -1.93. The van der Waals surface area contributed by atoms with E-state index in [-0.39, 0.29) is 5.17 Å². The van der Waals surface area contributed by atoms with Crippen molar-refractivity contribution in [3.05, 3.63) is 47.5 Å². The van der Waals surface area contributed by atoms with Gasteiger partial charge >= 0.3 is 0 Å². The van der Waals surface area contributed by atoms with Gasteiger partial charge in [0.1, 0.15) is 0 Å². The Morgan fingerprint density at radius 1 is 1.13 bits per heavy atom. The summed E-state index contributed by atoms with van der Waals surface area (Å²) >= 11 is 5.82. The van der Waals surface area contributed by atoms with Gasteiger partial charge in [0.15, 0.2) is 5.17 Å². The van der Waals surface area contributed by atoms with E-state index in [1.165, 1.54) is 5.56 Å². The zero-order valence-corrected chi connectivity index (χ0v) is 8.99. The lowest BCUT2D eigenvalue weighted by Gasteiger charge is -2.06.